The van der Waals surface area contributed by atoms with Crippen LogP contribution in [0.15, 0.2) is 5.03 Å². The molecule has 0 aromatic carbocycles. The normalized spacial score (nSPS) is 17.4. The van der Waals surface area contributed by atoms with Crippen LogP contribution < -0.4 is 5.73 Å². The van der Waals surface area contributed by atoms with Crippen LogP contribution in [0, 0.1) is 17.2 Å². The molecule has 1 atom stereocenters. The van der Waals surface area contributed by atoms with Crippen LogP contribution in [0.3, 0.4) is 0 Å². The van der Waals surface area contributed by atoms with Crippen molar-refractivity contribution in [2.24, 2.45) is 5.92 Å². The van der Waals surface area contributed by atoms with Gasteiger partial charge in [-0.25, -0.2) is 4.68 Å². The van der Waals surface area contributed by atoms with Gasteiger partial charge in [-0.05, 0) is 31.9 Å². The summed E-state index contributed by atoms with van der Waals surface area (Å²) in [6.45, 7) is 2.12. The highest BCUT2D eigenvalue weighted by Crippen LogP contribution is 2.41. The van der Waals surface area contributed by atoms with Gasteiger partial charge in [-0.1, -0.05) is 0 Å². The number of rotatable bonds is 3. The number of thioether (sulfide) groups is 1. The first-order valence-electron chi connectivity index (χ1n) is 5.01. The van der Waals surface area contributed by atoms with Crippen LogP contribution in [0.25, 0.3) is 0 Å². The molecule has 0 radical (unpaired) electrons. The highest BCUT2D eigenvalue weighted by atomic mass is 32.2. The first kappa shape index (κ1) is 10.4. The smallest absolute Gasteiger partial charge is 0.141 e. The molecule has 0 saturated heterocycles. The molecule has 0 bridgehead atoms. The Morgan fingerprint density at radius 3 is 2.73 bits per heavy atom. The largest absolute Gasteiger partial charge is 0.383 e. The van der Waals surface area contributed by atoms with E-state index in [1.165, 1.54) is 24.6 Å². The predicted octanol–water partition coefficient (Wildman–Crippen LogP) is 2.03. The van der Waals surface area contributed by atoms with Crippen molar-refractivity contribution in [3.63, 3.8) is 0 Å². The van der Waals surface area contributed by atoms with E-state index in [0.29, 0.717) is 23.3 Å². The van der Waals surface area contributed by atoms with Gasteiger partial charge in [0.15, 0.2) is 0 Å². The van der Waals surface area contributed by atoms with Crippen LogP contribution in [-0.4, -0.2) is 16.0 Å². The number of nitrogens with zero attached hydrogens (tertiary/aromatic N) is 3. The minimum atomic E-state index is 0.318. The Morgan fingerprint density at radius 2 is 2.33 bits per heavy atom. The number of nitrogen functional groups attached to an aromatic ring is 1. The van der Waals surface area contributed by atoms with Gasteiger partial charge in [0.05, 0.1) is 6.04 Å². The monoisotopic (exact) mass is 222 g/mol. The third kappa shape index (κ3) is 1.70. The molecular formula is C10H14N4S. The second-order valence-corrected chi connectivity index (χ2v) is 4.70. The molecule has 0 spiro atoms. The number of anilines is 1. The van der Waals surface area contributed by atoms with Crippen molar-refractivity contribution in [1.29, 1.82) is 5.26 Å². The molecule has 1 heterocycles. The SMILES string of the molecule is CSc1nn(C(C)C2CC2)c(N)c1C#N. The molecule has 1 aromatic rings. The lowest BCUT2D eigenvalue weighted by Gasteiger charge is -2.11. The first-order chi connectivity index (χ1) is 7.19. The van der Waals surface area contributed by atoms with Crippen molar-refractivity contribution >= 4 is 17.6 Å². The van der Waals surface area contributed by atoms with Gasteiger partial charge >= 0.3 is 0 Å². The van der Waals surface area contributed by atoms with E-state index in [-0.39, 0.29) is 0 Å². The Labute approximate surface area is 93.4 Å². The van der Waals surface area contributed by atoms with E-state index in [0.717, 1.165) is 5.03 Å². The second kappa shape index (κ2) is 3.78. The topological polar surface area (TPSA) is 67.6 Å². The molecule has 80 valence electrons. The van der Waals surface area contributed by atoms with Crippen LogP contribution in [-0.2, 0) is 0 Å². The van der Waals surface area contributed by atoms with Crippen LogP contribution in [0.4, 0.5) is 5.82 Å². The van der Waals surface area contributed by atoms with E-state index in [2.05, 4.69) is 18.1 Å². The van der Waals surface area contributed by atoms with Gasteiger partial charge in [0.1, 0.15) is 22.5 Å². The number of hydrogen-bond acceptors (Lipinski definition) is 4. The van der Waals surface area contributed by atoms with E-state index in [9.17, 15) is 0 Å². The maximum absolute atomic E-state index is 8.98. The Balaban J connectivity index is 2.39. The van der Waals surface area contributed by atoms with Crippen molar-refractivity contribution in [1.82, 2.24) is 9.78 Å². The summed E-state index contributed by atoms with van der Waals surface area (Å²) in [5, 5.41) is 14.1. The van der Waals surface area contributed by atoms with Gasteiger partial charge in [0.25, 0.3) is 0 Å². The molecule has 4 nitrogen and oxygen atoms in total. The minimum absolute atomic E-state index is 0.318. The van der Waals surface area contributed by atoms with E-state index in [1.54, 1.807) is 0 Å². The fourth-order valence-electron chi connectivity index (χ4n) is 1.76. The van der Waals surface area contributed by atoms with Crippen molar-refractivity contribution in [3.05, 3.63) is 5.56 Å². The lowest BCUT2D eigenvalue weighted by Crippen LogP contribution is -2.12. The van der Waals surface area contributed by atoms with Crippen molar-refractivity contribution < 1.29 is 0 Å². The fourth-order valence-corrected chi connectivity index (χ4v) is 2.29. The molecule has 15 heavy (non-hydrogen) atoms. The van der Waals surface area contributed by atoms with Gasteiger partial charge in [-0.3, -0.25) is 0 Å². The zero-order valence-corrected chi connectivity index (χ0v) is 9.71. The summed E-state index contributed by atoms with van der Waals surface area (Å²) in [5.41, 5.74) is 6.44. The molecule has 1 aromatic heterocycles. The Bertz CT molecular complexity index is 414. The number of nitriles is 1. The molecule has 1 fully saturated rings. The maximum Gasteiger partial charge on any atom is 0.141 e. The van der Waals surface area contributed by atoms with Gasteiger partial charge in [0.2, 0.25) is 0 Å². The van der Waals surface area contributed by atoms with Crippen LogP contribution >= 0.6 is 11.8 Å². The third-order valence-corrected chi connectivity index (χ3v) is 3.58. The molecule has 0 amide bonds. The lowest BCUT2D eigenvalue weighted by molar-refractivity contribution is 0.439. The standard InChI is InChI=1S/C10H14N4S/c1-6(7-3-4-7)14-9(12)8(5-11)10(13-14)15-2/h6-7H,3-4,12H2,1-2H3. The second-order valence-electron chi connectivity index (χ2n) is 3.90. The average Bonchev–Trinajstić information content (AvgIpc) is 3.02. The van der Waals surface area contributed by atoms with Crippen molar-refractivity contribution in [2.45, 2.75) is 30.8 Å². The van der Waals surface area contributed by atoms with E-state index >= 15 is 0 Å². The van der Waals surface area contributed by atoms with Gasteiger partial charge in [-0.2, -0.15) is 10.4 Å². The quantitative estimate of drug-likeness (QED) is 0.794. The molecule has 0 aliphatic heterocycles. The zero-order valence-electron chi connectivity index (χ0n) is 8.90. The number of aromatic nitrogens is 2. The number of nitrogens with two attached hydrogens (primary N) is 1. The van der Waals surface area contributed by atoms with Crippen molar-refractivity contribution in [2.75, 3.05) is 12.0 Å². The Hall–Kier alpha value is -1.15. The van der Waals surface area contributed by atoms with Crippen LogP contribution in [0.1, 0.15) is 31.4 Å². The van der Waals surface area contributed by atoms with E-state index in [1.807, 2.05) is 10.9 Å². The van der Waals surface area contributed by atoms with E-state index in [4.69, 9.17) is 11.0 Å². The molecule has 1 aliphatic rings. The molecule has 1 unspecified atom stereocenters. The minimum Gasteiger partial charge on any atom is -0.383 e. The Morgan fingerprint density at radius 1 is 1.67 bits per heavy atom. The summed E-state index contributed by atoms with van der Waals surface area (Å²) in [6.07, 6.45) is 4.41. The summed E-state index contributed by atoms with van der Waals surface area (Å²) >= 11 is 1.47. The highest BCUT2D eigenvalue weighted by molar-refractivity contribution is 7.98. The maximum atomic E-state index is 8.98. The van der Waals surface area contributed by atoms with E-state index < -0.39 is 0 Å². The molecule has 2 N–H and O–H groups in total. The predicted molar refractivity (Wildman–Crippen MR) is 60.6 cm³/mol. The average molecular weight is 222 g/mol. The zero-order chi connectivity index (χ0) is 11.0. The third-order valence-electron chi connectivity index (χ3n) is 2.91. The number of hydrogen-bond donors (Lipinski definition) is 1. The Kier molecular flexibility index (Phi) is 2.61. The van der Waals surface area contributed by atoms with Gasteiger partial charge in [-0.15, -0.1) is 11.8 Å². The summed E-state index contributed by atoms with van der Waals surface area (Å²) in [7, 11) is 0. The summed E-state index contributed by atoms with van der Waals surface area (Å²) < 4.78 is 1.81. The van der Waals surface area contributed by atoms with Gasteiger partial charge in [0, 0.05) is 0 Å². The molecule has 2 rings (SSSR count). The summed E-state index contributed by atoms with van der Waals surface area (Å²) in [5.74, 6) is 1.20. The van der Waals surface area contributed by atoms with Crippen molar-refractivity contribution in [3.8, 4) is 6.07 Å². The summed E-state index contributed by atoms with van der Waals surface area (Å²) in [6, 6.07) is 2.44. The van der Waals surface area contributed by atoms with Crippen LogP contribution in [0.5, 0.6) is 0 Å². The molecule has 1 saturated carbocycles. The fraction of sp³-hybridized carbons (Fsp3) is 0.600. The van der Waals surface area contributed by atoms with Gasteiger partial charge < -0.3 is 5.73 Å². The van der Waals surface area contributed by atoms with Crippen LogP contribution in [0.2, 0.25) is 0 Å². The lowest BCUT2D eigenvalue weighted by atomic mass is 10.2. The first-order valence-corrected chi connectivity index (χ1v) is 6.23. The highest BCUT2D eigenvalue weighted by Gasteiger charge is 2.31. The molecular weight excluding hydrogens is 208 g/mol. The summed E-state index contributed by atoms with van der Waals surface area (Å²) in [4.78, 5) is 0. The molecule has 5 heteroatoms. The molecule has 1 aliphatic carbocycles.